The van der Waals surface area contributed by atoms with Crippen LogP contribution in [0.1, 0.15) is 25.3 Å². The number of methoxy groups -OCH3 is 2. The molecule has 1 aromatic rings. The molecule has 1 fully saturated rings. The lowest BCUT2D eigenvalue weighted by Crippen LogP contribution is -2.53. The molecular formula is C17H23ClO5. The van der Waals surface area contributed by atoms with Gasteiger partial charge in [0.15, 0.2) is 5.78 Å². The first kappa shape index (κ1) is 18.4. The monoisotopic (exact) mass is 342 g/mol. The van der Waals surface area contributed by atoms with E-state index >= 15 is 0 Å². The van der Waals surface area contributed by atoms with Gasteiger partial charge in [-0.05, 0) is 30.5 Å². The van der Waals surface area contributed by atoms with Crippen molar-refractivity contribution < 1.29 is 23.7 Å². The molecule has 1 atom stereocenters. The summed E-state index contributed by atoms with van der Waals surface area (Å²) >= 11 is 6.07. The minimum absolute atomic E-state index is 0.0272. The van der Waals surface area contributed by atoms with E-state index in [1.54, 1.807) is 0 Å². The fourth-order valence-corrected chi connectivity index (χ4v) is 3.41. The summed E-state index contributed by atoms with van der Waals surface area (Å²) in [7, 11) is 3.02. The fraction of sp³-hybridized carbons (Fsp3) is 0.588. The molecule has 0 aromatic heterocycles. The van der Waals surface area contributed by atoms with E-state index in [4.69, 9.17) is 30.5 Å². The average molecular weight is 343 g/mol. The van der Waals surface area contributed by atoms with Crippen LogP contribution >= 0.6 is 11.6 Å². The molecule has 23 heavy (non-hydrogen) atoms. The number of hydrogen-bond acceptors (Lipinski definition) is 5. The maximum absolute atomic E-state index is 12.6. The lowest BCUT2D eigenvalue weighted by Gasteiger charge is -2.41. The topological polar surface area (TPSA) is 54.0 Å². The molecule has 1 aliphatic carbocycles. The fourth-order valence-electron chi connectivity index (χ4n) is 3.19. The second-order valence-electron chi connectivity index (χ2n) is 6.01. The van der Waals surface area contributed by atoms with Crippen LogP contribution < -0.4 is 0 Å². The Balaban J connectivity index is 2.32. The van der Waals surface area contributed by atoms with Gasteiger partial charge in [-0.25, -0.2) is 0 Å². The molecule has 1 saturated carbocycles. The van der Waals surface area contributed by atoms with E-state index in [0.29, 0.717) is 24.3 Å². The maximum Gasteiger partial charge on any atom is 0.238 e. The highest BCUT2D eigenvalue weighted by Gasteiger charge is 2.60. The van der Waals surface area contributed by atoms with Gasteiger partial charge in [-0.2, -0.15) is 0 Å². The van der Waals surface area contributed by atoms with E-state index in [-0.39, 0.29) is 19.4 Å². The number of ether oxygens (including phenoxy) is 4. The van der Waals surface area contributed by atoms with Gasteiger partial charge in [-0.3, -0.25) is 4.79 Å². The Morgan fingerprint density at radius 1 is 1.17 bits per heavy atom. The van der Waals surface area contributed by atoms with Gasteiger partial charge in [0.2, 0.25) is 5.79 Å². The summed E-state index contributed by atoms with van der Waals surface area (Å²) in [6.45, 7) is 1.94. The molecule has 128 valence electrons. The zero-order valence-corrected chi connectivity index (χ0v) is 14.5. The molecule has 0 N–H and O–H groups in total. The van der Waals surface area contributed by atoms with E-state index in [1.165, 1.54) is 14.2 Å². The second kappa shape index (κ2) is 7.73. The molecule has 0 amide bonds. The van der Waals surface area contributed by atoms with Crippen LogP contribution in [0.15, 0.2) is 24.3 Å². The summed E-state index contributed by atoms with van der Waals surface area (Å²) in [5.74, 6) is -1.46. The van der Waals surface area contributed by atoms with Crippen molar-refractivity contribution in [2.45, 2.75) is 32.0 Å². The number of hydrogen-bond donors (Lipinski definition) is 0. The zero-order chi connectivity index (χ0) is 16.9. The van der Waals surface area contributed by atoms with Gasteiger partial charge < -0.3 is 18.9 Å². The smallest absolute Gasteiger partial charge is 0.238 e. The summed E-state index contributed by atoms with van der Waals surface area (Å²) in [4.78, 5) is 12.6. The molecule has 0 heterocycles. The van der Waals surface area contributed by atoms with Crippen LogP contribution in [-0.2, 0) is 30.2 Å². The van der Waals surface area contributed by atoms with Crippen molar-refractivity contribution >= 4 is 17.4 Å². The molecule has 0 radical (unpaired) electrons. The Hall–Kier alpha value is -0.980. The number of carbonyl (C=O) groups excluding carboxylic acids is 1. The van der Waals surface area contributed by atoms with Gasteiger partial charge in [0.25, 0.3) is 0 Å². The summed E-state index contributed by atoms with van der Waals surface area (Å²) in [5, 5.41) is 0.664. The molecule has 1 aromatic carbocycles. The third-order valence-corrected chi connectivity index (χ3v) is 4.54. The van der Waals surface area contributed by atoms with Gasteiger partial charge >= 0.3 is 0 Å². The minimum Gasteiger partial charge on any atom is -0.359 e. The van der Waals surface area contributed by atoms with E-state index < -0.39 is 11.2 Å². The minimum atomic E-state index is -1.37. The molecule has 6 heteroatoms. The van der Waals surface area contributed by atoms with E-state index in [2.05, 4.69) is 0 Å². The summed E-state index contributed by atoms with van der Waals surface area (Å²) in [5.41, 5.74) is 0.493. The number of Topliss-reactive ketones (excluding diaryl/α,β-unsaturated/α-hetero) is 1. The highest BCUT2D eigenvalue weighted by molar-refractivity contribution is 6.30. The predicted octanol–water partition coefficient (Wildman–Crippen LogP) is 3.19. The molecule has 1 aliphatic rings. The molecular weight excluding hydrogens is 320 g/mol. The Morgan fingerprint density at radius 2 is 1.83 bits per heavy atom. The second-order valence-corrected chi connectivity index (χ2v) is 6.45. The van der Waals surface area contributed by atoms with Crippen LogP contribution in [0.2, 0.25) is 5.02 Å². The first-order valence-corrected chi connectivity index (χ1v) is 7.89. The Bertz CT molecular complexity index is 540. The van der Waals surface area contributed by atoms with Crippen LogP contribution in [-0.4, -0.2) is 39.4 Å². The number of ketones is 1. The lowest BCUT2D eigenvalue weighted by molar-refractivity contribution is -0.310. The molecule has 0 bridgehead atoms. The van der Waals surface area contributed by atoms with Crippen LogP contribution in [0.25, 0.3) is 0 Å². The summed E-state index contributed by atoms with van der Waals surface area (Å²) in [6, 6.07) is 7.60. The zero-order valence-electron chi connectivity index (χ0n) is 13.8. The third-order valence-electron chi connectivity index (χ3n) is 4.31. The van der Waals surface area contributed by atoms with Crippen molar-refractivity contribution in [3.05, 3.63) is 34.9 Å². The number of benzene rings is 1. The first-order chi connectivity index (χ1) is 11.0. The third kappa shape index (κ3) is 3.75. The standard InChI is InChI=1S/C17H23ClO5/c1-16(10-13-5-4-6-14(18)9-13)8-7-15(19)17(16,22-11-20-2)23-12-21-3/h4-6,9H,7-8,10-12H2,1-3H3. The van der Waals surface area contributed by atoms with Gasteiger partial charge in [-0.1, -0.05) is 30.7 Å². The number of carbonyl (C=O) groups is 1. The lowest BCUT2D eigenvalue weighted by atomic mass is 9.77. The Morgan fingerprint density at radius 3 is 2.39 bits per heavy atom. The molecule has 1 unspecified atom stereocenters. The van der Waals surface area contributed by atoms with Gasteiger partial charge in [0, 0.05) is 31.1 Å². The van der Waals surface area contributed by atoms with Crippen LogP contribution in [0.3, 0.4) is 0 Å². The molecule has 0 aliphatic heterocycles. The highest BCUT2D eigenvalue weighted by atomic mass is 35.5. The highest BCUT2D eigenvalue weighted by Crippen LogP contribution is 2.49. The van der Waals surface area contributed by atoms with Crippen molar-refractivity contribution in [2.75, 3.05) is 27.8 Å². The summed E-state index contributed by atoms with van der Waals surface area (Å²) in [6.07, 6.45) is 1.66. The van der Waals surface area contributed by atoms with Crippen molar-refractivity contribution in [1.29, 1.82) is 0 Å². The van der Waals surface area contributed by atoms with Gasteiger partial charge in [0.1, 0.15) is 13.6 Å². The largest absolute Gasteiger partial charge is 0.359 e. The molecule has 0 saturated heterocycles. The van der Waals surface area contributed by atoms with E-state index in [0.717, 1.165) is 5.56 Å². The van der Waals surface area contributed by atoms with Crippen LogP contribution in [0, 0.1) is 5.41 Å². The maximum atomic E-state index is 12.6. The number of halogens is 1. The SMILES string of the molecule is COCOC1(OCOC)C(=O)CCC1(C)Cc1cccc(Cl)c1. The first-order valence-electron chi connectivity index (χ1n) is 7.51. The van der Waals surface area contributed by atoms with Gasteiger partial charge in [-0.15, -0.1) is 0 Å². The Labute approximate surface area is 141 Å². The Kier molecular flexibility index (Phi) is 6.17. The van der Waals surface area contributed by atoms with Crippen molar-refractivity contribution in [1.82, 2.24) is 0 Å². The van der Waals surface area contributed by atoms with Gasteiger partial charge in [0.05, 0.1) is 0 Å². The number of rotatable bonds is 8. The van der Waals surface area contributed by atoms with Crippen molar-refractivity contribution in [2.24, 2.45) is 5.41 Å². The molecule has 0 spiro atoms. The average Bonchev–Trinajstić information content (AvgIpc) is 2.75. The van der Waals surface area contributed by atoms with E-state index in [1.807, 2.05) is 31.2 Å². The summed E-state index contributed by atoms with van der Waals surface area (Å²) < 4.78 is 21.5. The van der Waals surface area contributed by atoms with E-state index in [9.17, 15) is 4.79 Å². The molecule has 2 rings (SSSR count). The van der Waals surface area contributed by atoms with Crippen molar-refractivity contribution in [3.63, 3.8) is 0 Å². The van der Waals surface area contributed by atoms with Crippen LogP contribution in [0.4, 0.5) is 0 Å². The normalized spacial score (nSPS) is 23.4. The van der Waals surface area contributed by atoms with Crippen molar-refractivity contribution in [3.8, 4) is 0 Å². The quantitative estimate of drug-likeness (QED) is 0.679. The van der Waals surface area contributed by atoms with Crippen LogP contribution in [0.5, 0.6) is 0 Å². The molecule has 5 nitrogen and oxygen atoms in total. The predicted molar refractivity (Wildman–Crippen MR) is 86.2 cm³/mol.